The van der Waals surface area contributed by atoms with Gasteiger partial charge < -0.3 is 9.80 Å². The largest absolute Gasteiger partial charge is 0.371 e. The fraction of sp³-hybridized carbons (Fsp3) is 0.474. The molecule has 0 N–H and O–H groups in total. The van der Waals surface area contributed by atoms with Gasteiger partial charge in [-0.1, -0.05) is 6.07 Å². The van der Waals surface area contributed by atoms with Gasteiger partial charge in [-0.25, -0.2) is 0 Å². The standard InChI is InChI=1S/C19H23N3OS/c23-19-4-3-15-14-21(16-5-9-20-10-6-16)11-8-18(15)22(19)12-7-17-2-1-13-24-17/h1-2,5-6,9-10,13,15,18H,3-4,7-8,11-12,14H2/t15-,18+/m1/s1. The minimum absolute atomic E-state index is 0.352. The molecule has 1 amide bonds. The summed E-state index contributed by atoms with van der Waals surface area (Å²) in [6.45, 7) is 2.95. The molecule has 5 heteroatoms. The van der Waals surface area contributed by atoms with Crippen LogP contribution in [0.3, 0.4) is 0 Å². The van der Waals surface area contributed by atoms with E-state index in [4.69, 9.17) is 0 Å². The van der Waals surface area contributed by atoms with Gasteiger partial charge in [-0.3, -0.25) is 9.78 Å². The molecule has 2 aromatic heterocycles. The highest BCUT2D eigenvalue weighted by molar-refractivity contribution is 7.09. The Morgan fingerprint density at radius 1 is 1.21 bits per heavy atom. The number of carbonyl (C=O) groups is 1. The molecule has 0 spiro atoms. The van der Waals surface area contributed by atoms with Crippen LogP contribution in [0.2, 0.25) is 0 Å². The quantitative estimate of drug-likeness (QED) is 0.857. The predicted octanol–water partition coefficient (Wildman–Crippen LogP) is 3.20. The van der Waals surface area contributed by atoms with Crippen molar-refractivity contribution < 1.29 is 4.79 Å². The van der Waals surface area contributed by atoms with Gasteiger partial charge in [0.2, 0.25) is 5.91 Å². The molecule has 2 aliphatic heterocycles. The molecule has 126 valence electrons. The van der Waals surface area contributed by atoms with Crippen molar-refractivity contribution in [1.29, 1.82) is 0 Å². The third-order valence-corrected chi connectivity index (χ3v) is 6.29. The van der Waals surface area contributed by atoms with Crippen LogP contribution in [0.25, 0.3) is 0 Å². The van der Waals surface area contributed by atoms with E-state index in [-0.39, 0.29) is 0 Å². The molecule has 4 nitrogen and oxygen atoms in total. The van der Waals surface area contributed by atoms with Gasteiger partial charge in [0, 0.05) is 55.1 Å². The first kappa shape index (κ1) is 15.6. The van der Waals surface area contributed by atoms with Crippen molar-refractivity contribution in [1.82, 2.24) is 9.88 Å². The summed E-state index contributed by atoms with van der Waals surface area (Å²) in [5.41, 5.74) is 1.26. The zero-order chi connectivity index (χ0) is 16.4. The molecule has 0 unspecified atom stereocenters. The van der Waals surface area contributed by atoms with Crippen molar-refractivity contribution in [3.8, 4) is 0 Å². The van der Waals surface area contributed by atoms with Crippen LogP contribution >= 0.6 is 11.3 Å². The Morgan fingerprint density at radius 2 is 2.08 bits per heavy atom. The molecule has 2 fully saturated rings. The molecule has 24 heavy (non-hydrogen) atoms. The minimum Gasteiger partial charge on any atom is -0.371 e. The maximum absolute atomic E-state index is 12.5. The summed E-state index contributed by atoms with van der Waals surface area (Å²) in [5, 5.41) is 2.11. The highest BCUT2D eigenvalue weighted by Crippen LogP contribution is 2.33. The van der Waals surface area contributed by atoms with E-state index >= 15 is 0 Å². The van der Waals surface area contributed by atoms with Crippen LogP contribution in [-0.2, 0) is 11.2 Å². The van der Waals surface area contributed by atoms with E-state index in [1.165, 1.54) is 10.6 Å². The number of fused-ring (bicyclic) bond motifs is 1. The molecule has 0 saturated carbocycles. The first-order chi connectivity index (χ1) is 11.8. The highest BCUT2D eigenvalue weighted by atomic mass is 32.1. The van der Waals surface area contributed by atoms with Crippen LogP contribution in [-0.4, -0.2) is 41.5 Å². The first-order valence-electron chi connectivity index (χ1n) is 8.78. The second-order valence-electron chi connectivity index (χ2n) is 6.72. The number of nitrogens with zero attached hydrogens (tertiary/aromatic N) is 3. The second-order valence-corrected chi connectivity index (χ2v) is 7.75. The lowest BCUT2D eigenvalue weighted by Gasteiger charge is -2.47. The normalized spacial score (nSPS) is 24.1. The fourth-order valence-electron chi connectivity index (χ4n) is 4.12. The van der Waals surface area contributed by atoms with E-state index < -0.39 is 0 Å². The Bertz CT molecular complexity index is 673. The Kier molecular flexibility index (Phi) is 4.52. The van der Waals surface area contributed by atoms with E-state index in [0.29, 0.717) is 24.3 Å². The molecule has 4 heterocycles. The van der Waals surface area contributed by atoms with Crippen LogP contribution < -0.4 is 4.90 Å². The molecule has 0 radical (unpaired) electrons. The average Bonchev–Trinajstić information content (AvgIpc) is 3.15. The van der Waals surface area contributed by atoms with Crippen molar-refractivity contribution >= 4 is 22.9 Å². The van der Waals surface area contributed by atoms with Gasteiger partial charge in [0.05, 0.1) is 0 Å². The van der Waals surface area contributed by atoms with Crippen LogP contribution in [0.4, 0.5) is 5.69 Å². The first-order valence-corrected chi connectivity index (χ1v) is 9.66. The number of piperidine rings is 2. The lowest BCUT2D eigenvalue weighted by molar-refractivity contribution is -0.139. The van der Waals surface area contributed by atoms with Crippen LogP contribution in [0.5, 0.6) is 0 Å². The smallest absolute Gasteiger partial charge is 0.222 e. The summed E-state index contributed by atoms with van der Waals surface area (Å²) in [6, 6.07) is 8.85. The summed E-state index contributed by atoms with van der Waals surface area (Å²) < 4.78 is 0. The number of pyridine rings is 1. The van der Waals surface area contributed by atoms with Gasteiger partial charge in [0.1, 0.15) is 0 Å². The number of hydrogen-bond donors (Lipinski definition) is 0. The summed E-state index contributed by atoms with van der Waals surface area (Å²) >= 11 is 1.79. The number of likely N-dealkylation sites (tertiary alicyclic amines) is 1. The van der Waals surface area contributed by atoms with E-state index in [2.05, 4.69) is 44.4 Å². The number of anilines is 1. The SMILES string of the molecule is O=C1CC[C@@H]2CN(c3ccncc3)CC[C@@H]2N1CCc1cccs1. The summed E-state index contributed by atoms with van der Waals surface area (Å²) in [5.74, 6) is 0.943. The monoisotopic (exact) mass is 341 g/mol. The van der Waals surface area contributed by atoms with Gasteiger partial charge in [-0.15, -0.1) is 11.3 Å². The lowest BCUT2D eigenvalue weighted by atomic mass is 9.83. The number of carbonyl (C=O) groups excluding carboxylic acids is 1. The molecule has 0 aliphatic carbocycles. The van der Waals surface area contributed by atoms with Crippen LogP contribution in [0, 0.1) is 5.92 Å². The molecule has 2 aliphatic rings. The maximum atomic E-state index is 12.5. The third kappa shape index (κ3) is 3.18. The summed E-state index contributed by atoms with van der Waals surface area (Å²) in [6.07, 6.45) is 7.51. The topological polar surface area (TPSA) is 36.4 Å². The van der Waals surface area contributed by atoms with E-state index in [0.717, 1.165) is 38.9 Å². The zero-order valence-electron chi connectivity index (χ0n) is 13.8. The third-order valence-electron chi connectivity index (χ3n) is 5.35. The van der Waals surface area contributed by atoms with Crippen molar-refractivity contribution in [3.05, 3.63) is 46.9 Å². The minimum atomic E-state index is 0.352. The van der Waals surface area contributed by atoms with Crippen LogP contribution in [0.1, 0.15) is 24.1 Å². The zero-order valence-corrected chi connectivity index (χ0v) is 14.6. The Morgan fingerprint density at radius 3 is 2.88 bits per heavy atom. The highest BCUT2D eigenvalue weighted by Gasteiger charge is 2.39. The molecule has 2 saturated heterocycles. The van der Waals surface area contributed by atoms with E-state index in [1.807, 2.05) is 12.4 Å². The number of rotatable bonds is 4. The molecular weight excluding hydrogens is 318 g/mol. The molecule has 0 aromatic carbocycles. The fourth-order valence-corrected chi connectivity index (χ4v) is 4.81. The second kappa shape index (κ2) is 6.93. The Hall–Kier alpha value is -1.88. The predicted molar refractivity (Wildman–Crippen MR) is 97.3 cm³/mol. The van der Waals surface area contributed by atoms with Gasteiger partial charge in [0.15, 0.2) is 0 Å². The lowest BCUT2D eigenvalue weighted by Crippen LogP contribution is -2.56. The Labute approximate surface area is 147 Å². The molecule has 2 aromatic rings. The van der Waals surface area contributed by atoms with E-state index in [1.54, 1.807) is 11.3 Å². The van der Waals surface area contributed by atoms with Crippen molar-refractivity contribution in [2.75, 3.05) is 24.5 Å². The van der Waals surface area contributed by atoms with Crippen LogP contribution in [0.15, 0.2) is 42.0 Å². The molecule has 0 bridgehead atoms. The summed E-state index contributed by atoms with van der Waals surface area (Å²) in [7, 11) is 0. The van der Waals surface area contributed by atoms with Crippen molar-refractivity contribution in [2.24, 2.45) is 5.92 Å². The number of amides is 1. The summed E-state index contributed by atoms with van der Waals surface area (Å²) in [4.78, 5) is 22.6. The molecular formula is C19H23N3OS. The molecule has 2 atom stereocenters. The van der Waals surface area contributed by atoms with Gasteiger partial charge >= 0.3 is 0 Å². The average molecular weight is 341 g/mol. The van der Waals surface area contributed by atoms with Gasteiger partial charge in [-0.05, 0) is 48.8 Å². The van der Waals surface area contributed by atoms with Crippen molar-refractivity contribution in [3.63, 3.8) is 0 Å². The Balaban J connectivity index is 1.43. The van der Waals surface area contributed by atoms with E-state index in [9.17, 15) is 4.79 Å². The number of thiophene rings is 1. The number of hydrogen-bond acceptors (Lipinski definition) is 4. The van der Waals surface area contributed by atoms with Crippen molar-refractivity contribution in [2.45, 2.75) is 31.7 Å². The van der Waals surface area contributed by atoms with Gasteiger partial charge in [0.25, 0.3) is 0 Å². The maximum Gasteiger partial charge on any atom is 0.222 e. The number of aromatic nitrogens is 1. The van der Waals surface area contributed by atoms with Gasteiger partial charge in [-0.2, -0.15) is 0 Å². The molecule has 4 rings (SSSR count).